The Hall–Kier alpha value is -3.90. The normalized spacial score (nSPS) is 11.5. The average Bonchev–Trinajstić information content (AvgIpc) is 2.88. The predicted octanol–water partition coefficient (Wildman–Crippen LogP) is 5.28. The van der Waals surface area contributed by atoms with Gasteiger partial charge in [-0.2, -0.15) is 0 Å². The summed E-state index contributed by atoms with van der Waals surface area (Å²) in [6.07, 6.45) is -0.559. The predicted molar refractivity (Wildman–Crippen MR) is 136 cm³/mol. The standard InChI is InChI=1S/C29H32N2O4/c1-23(2)28(32)34-19-18-30-29(33)35-22-27(26-16-10-5-11-17-26)31(20-24-12-6-3-7-13-24)21-25-14-8-4-9-15-25/h3-17,27H,1,18-22H2,2H3,(H,30,33)/t27-/m0/s1. The van der Waals surface area contributed by atoms with Gasteiger partial charge in [-0.1, -0.05) is 97.6 Å². The largest absolute Gasteiger partial charge is 0.460 e. The topological polar surface area (TPSA) is 67.9 Å². The minimum atomic E-state index is -0.559. The maximum Gasteiger partial charge on any atom is 0.407 e. The van der Waals surface area contributed by atoms with Crippen LogP contribution in [0.5, 0.6) is 0 Å². The van der Waals surface area contributed by atoms with Crippen LogP contribution in [-0.2, 0) is 27.4 Å². The first-order valence-electron chi connectivity index (χ1n) is 11.6. The molecule has 3 rings (SSSR count). The first-order valence-corrected chi connectivity index (χ1v) is 11.6. The van der Waals surface area contributed by atoms with Crippen LogP contribution in [0, 0.1) is 0 Å². The van der Waals surface area contributed by atoms with Crippen molar-refractivity contribution in [2.45, 2.75) is 26.1 Å². The zero-order valence-corrected chi connectivity index (χ0v) is 20.1. The highest BCUT2D eigenvalue weighted by Gasteiger charge is 2.23. The summed E-state index contributed by atoms with van der Waals surface area (Å²) in [7, 11) is 0. The number of amides is 1. The average molecular weight is 473 g/mol. The van der Waals surface area contributed by atoms with Crippen molar-refractivity contribution in [1.29, 1.82) is 0 Å². The van der Waals surface area contributed by atoms with Crippen LogP contribution in [0.2, 0.25) is 0 Å². The van der Waals surface area contributed by atoms with Gasteiger partial charge in [0, 0.05) is 18.7 Å². The Kier molecular flexibility index (Phi) is 10.1. The number of esters is 1. The lowest BCUT2D eigenvalue weighted by Crippen LogP contribution is -2.35. The van der Waals surface area contributed by atoms with Crippen LogP contribution in [0.25, 0.3) is 0 Å². The highest BCUT2D eigenvalue weighted by atomic mass is 16.6. The van der Waals surface area contributed by atoms with E-state index in [1.165, 1.54) is 11.1 Å². The lowest BCUT2D eigenvalue weighted by Gasteiger charge is -2.32. The van der Waals surface area contributed by atoms with Gasteiger partial charge in [0.25, 0.3) is 0 Å². The number of benzene rings is 3. The summed E-state index contributed by atoms with van der Waals surface area (Å²) in [5, 5.41) is 2.64. The molecule has 3 aromatic rings. The lowest BCUT2D eigenvalue weighted by molar-refractivity contribution is -0.138. The van der Waals surface area contributed by atoms with Crippen molar-refractivity contribution in [3.63, 3.8) is 0 Å². The Morgan fingerprint density at radius 1 is 0.829 bits per heavy atom. The molecule has 0 fully saturated rings. The van der Waals surface area contributed by atoms with Gasteiger partial charge in [0.1, 0.15) is 13.2 Å². The molecule has 6 heteroatoms. The van der Waals surface area contributed by atoms with Gasteiger partial charge < -0.3 is 14.8 Å². The fourth-order valence-corrected chi connectivity index (χ4v) is 3.63. The van der Waals surface area contributed by atoms with Gasteiger partial charge in [0.2, 0.25) is 0 Å². The molecule has 0 unspecified atom stereocenters. The molecule has 1 N–H and O–H groups in total. The summed E-state index contributed by atoms with van der Waals surface area (Å²) < 4.78 is 10.6. The molecule has 0 saturated carbocycles. The zero-order valence-electron chi connectivity index (χ0n) is 20.1. The highest BCUT2D eigenvalue weighted by molar-refractivity contribution is 5.86. The Morgan fingerprint density at radius 2 is 1.34 bits per heavy atom. The number of nitrogens with one attached hydrogen (secondary N) is 1. The number of alkyl carbamates (subject to hydrolysis) is 1. The minimum absolute atomic E-state index is 0.0526. The highest BCUT2D eigenvalue weighted by Crippen LogP contribution is 2.26. The molecule has 182 valence electrons. The van der Waals surface area contributed by atoms with Gasteiger partial charge in [-0.3, -0.25) is 4.90 Å². The van der Waals surface area contributed by atoms with E-state index in [0.717, 1.165) is 5.56 Å². The number of hydrogen-bond acceptors (Lipinski definition) is 5. The number of ether oxygens (including phenoxy) is 2. The van der Waals surface area contributed by atoms with Crippen LogP contribution in [0.15, 0.2) is 103 Å². The van der Waals surface area contributed by atoms with Gasteiger partial charge in [-0.05, 0) is 23.6 Å². The molecule has 6 nitrogen and oxygen atoms in total. The smallest absolute Gasteiger partial charge is 0.407 e. The summed E-state index contributed by atoms with van der Waals surface area (Å²) in [6.45, 7) is 6.87. The van der Waals surface area contributed by atoms with E-state index >= 15 is 0 Å². The Labute approximate surface area is 207 Å². The second kappa shape index (κ2) is 13.7. The number of rotatable bonds is 12. The second-order valence-electron chi connectivity index (χ2n) is 8.24. The SMILES string of the molecule is C=C(C)C(=O)OCCNC(=O)OC[C@@H](c1ccccc1)N(Cc1ccccc1)Cc1ccccc1. The molecule has 0 bridgehead atoms. The molecule has 0 aliphatic rings. The third-order valence-corrected chi connectivity index (χ3v) is 5.41. The van der Waals surface area contributed by atoms with Gasteiger partial charge in [0.05, 0.1) is 12.6 Å². The molecule has 0 radical (unpaired) electrons. The molecule has 1 amide bonds. The summed E-state index contributed by atoms with van der Waals surface area (Å²) >= 11 is 0. The first kappa shape index (κ1) is 25.7. The Bertz CT molecular complexity index is 1030. The van der Waals surface area contributed by atoms with Gasteiger partial charge in [-0.25, -0.2) is 9.59 Å². The monoisotopic (exact) mass is 472 g/mol. The second-order valence-corrected chi connectivity index (χ2v) is 8.24. The van der Waals surface area contributed by atoms with Crippen molar-refractivity contribution < 1.29 is 19.1 Å². The van der Waals surface area contributed by atoms with Crippen molar-refractivity contribution in [2.75, 3.05) is 19.8 Å². The van der Waals surface area contributed by atoms with E-state index in [4.69, 9.17) is 9.47 Å². The van der Waals surface area contributed by atoms with Crippen molar-refractivity contribution in [3.8, 4) is 0 Å². The van der Waals surface area contributed by atoms with Crippen molar-refractivity contribution in [2.24, 2.45) is 0 Å². The summed E-state index contributed by atoms with van der Waals surface area (Å²) in [4.78, 5) is 26.2. The maximum atomic E-state index is 12.4. The van der Waals surface area contributed by atoms with Crippen molar-refractivity contribution in [1.82, 2.24) is 10.2 Å². The number of carbonyl (C=O) groups is 2. The van der Waals surface area contributed by atoms with Crippen LogP contribution in [-0.4, -0.2) is 36.7 Å². The zero-order chi connectivity index (χ0) is 24.9. The summed E-state index contributed by atoms with van der Waals surface area (Å²) in [6, 6.07) is 30.4. The minimum Gasteiger partial charge on any atom is -0.460 e. The van der Waals surface area contributed by atoms with Crippen molar-refractivity contribution in [3.05, 3.63) is 120 Å². The van der Waals surface area contributed by atoms with Crippen LogP contribution in [0.1, 0.15) is 29.7 Å². The molecular formula is C29H32N2O4. The Balaban J connectivity index is 1.71. The van der Waals surface area contributed by atoms with Gasteiger partial charge in [-0.15, -0.1) is 0 Å². The van der Waals surface area contributed by atoms with E-state index in [-0.39, 0.29) is 25.8 Å². The van der Waals surface area contributed by atoms with Crippen LogP contribution in [0.4, 0.5) is 4.79 Å². The summed E-state index contributed by atoms with van der Waals surface area (Å²) in [5.41, 5.74) is 3.72. The van der Waals surface area contributed by atoms with E-state index in [1.807, 2.05) is 66.7 Å². The Morgan fingerprint density at radius 3 is 1.86 bits per heavy atom. The molecule has 3 aromatic carbocycles. The molecule has 35 heavy (non-hydrogen) atoms. The maximum absolute atomic E-state index is 12.4. The number of carbonyl (C=O) groups excluding carboxylic acids is 2. The molecule has 1 atom stereocenters. The van der Waals surface area contributed by atoms with Crippen molar-refractivity contribution >= 4 is 12.1 Å². The van der Waals surface area contributed by atoms with Gasteiger partial charge in [0.15, 0.2) is 0 Å². The molecule has 0 aliphatic heterocycles. The number of hydrogen-bond donors (Lipinski definition) is 1. The van der Waals surface area contributed by atoms with Crippen LogP contribution >= 0.6 is 0 Å². The molecule has 0 aromatic heterocycles. The molecular weight excluding hydrogens is 440 g/mol. The van der Waals surface area contributed by atoms with Gasteiger partial charge >= 0.3 is 12.1 Å². The third kappa shape index (κ3) is 8.76. The van der Waals surface area contributed by atoms with E-state index < -0.39 is 12.1 Å². The summed E-state index contributed by atoms with van der Waals surface area (Å²) in [5.74, 6) is -0.484. The number of nitrogens with zero attached hydrogens (tertiary/aromatic N) is 1. The van der Waals surface area contributed by atoms with Crippen LogP contribution in [0.3, 0.4) is 0 Å². The molecule has 0 heterocycles. The molecule has 0 saturated heterocycles. The van der Waals surface area contributed by atoms with Crippen LogP contribution < -0.4 is 5.32 Å². The first-order chi connectivity index (χ1) is 17.0. The lowest BCUT2D eigenvalue weighted by atomic mass is 10.0. The third-order valence-electron chi connectivity index (χ3n) is 5.41. The van der Waals surface area contributed by atoms with E-state index in [0.29, 0.717) is 18.7 Å². The quantitative estimate of drug-likeness (QED) is 0.221. The van der Waals surface area contributed by atoms with E-state index in [1.54, 1.807) is 6.92 Å². The fraction of sp³-hybridized carbons (Fsp3) is 0.241. The fourth-order valence-electron chi connectivity index (χ4n) is 3.63. The molecule has 0 aliphatic carbocycles. The van der Waals surface area contributed by atoms with E-state index in [9.17, 15) is 9.59 Å². The van der Waals surface area contributed by atoms with E-state index in [2.05, 4.69) is 41.1 Å². The molecule has 0 spiro atoms.